The Morgan fingerprint density at radius 1 is 1.14 bits per heavy atom. The van der Waals surface area contributed by atoms with E-state index in [0.29, 0.717) is 0 Å². The molecule has 11 heteroatoms. The zero-order valence-electron chi connectivity index (χ0n) is 10.3. The summed E-state index contributed by atoms with van der Waals surface area (Å²) in [7, 11) is 0. The van der Waals surface area contributed by atoms with Gasteiger partial charge in [-0.15, -0.1) is 0 Å². The number of benzene rings is 1. The molecule has 0 saturated carbocycles. The van der Waals surface area contributed by atoms with Crippen LogP contribution in [0.1, 0.15) is 5.56 Å². The molecular weight excluding hydrogens is 286 g/mol. The zero-order chi connectivity index (χ0) is 15.6. The van der Waals surface area contributed by atoms with Gasteiger partial charge in [0, 0.05) is 12.1 Å². The number of nitro groups is 2. The lowest BCUT2D eigenvalue weighted by Gasteiger charge is -2.03. The van der Waals surface area contributed by atoms with Crippen molar-refractivity contribution >= 4 is 11.4 Å². The Kier molecular flexibility index (Phi) is 3.56. The highest BCUT2D eigenvalue weighted by Crippen LogP contribution is 2.27. The van der Waals surface area contributed by atoms with Gasteiger partial charge in [-0.3, -0.25) is 30.0 Å². The van der Waals surface area contributed by atoms with Crippen molar-refractivity contribution in [2.75, 3.05) is 0 Å². The molecule has 1 aromatic heterocycles. The summed E-state index contributed by atoms with van der Waals surface area (Å²) >= 11 is 0. The molecule has 0 radical (unpaired) electrons. The Morgan fingerprint density at radius 3 is 2.38 bits per heavy atom. The van der Waals surface area contributed by atoms with Crippen molar-refractivity contribution in [2.24, 2.45) is 0 Å². The number of nitrogens with one attached hydrogen (secondary N) is 1. The molecule has 0 atom stereocenters. The molecule has 108 valence electrons. The van der Waals surface area contributed by atoms with Gasteiger partial charge in [0.25, 0.3) is 5.56 Å². The molecule has 0 unspecified atom stereocenters. The Bertz CT molecular complexity index is 838. The van der Waals surface area contributed by atoms with E-state index in [2.05, 4.69) is 5.10 Å². The van der Waals surface area contributed by atoms with Crippen LogP contribution in [0.4, 0.5) is 11.4 Å². The van der Waals surface area contributed by atoms with Crippen LogP contribution in [-0.4, -0.2) is 24.6 Å². The number of H-pyrrole nitrogens is 1. The summed E-state index contributed by atoms with van der Waals surface area (Å²) in [6.45, 7) is -0.172. The second-order valence-corrected chi connectivity index (χ2v) is 3.93. The molecule has 0 bridgehead atoms. The van der Waals surface area contributed by atoms with Gasteiger partial charge in [0.15, 0.2) is 0 Å². The van der Waals surface area contributed by atoms with Crippen molar-refractivity contribution in [2.45, 2.75) is 6.54 Å². The summed E-state index contributed by atoms with van der Waals surface area (Å²) < 4.78 is 0.867. The van der Waals surface area contributed by atoms with Crippen LogP contribution in [0.2, 0.25) is 0 Å². The van der Waals surface area contributed by atoms with Crippen molar-refractivity contribution in [1.82, 2.24) is 14.8 Å². The fourth-order valence-electron chi connectivity index (χ4n) is 1.63. The van der Waals surface area contributed by atoms with Crippen LogP contribution < -0.4 is 11.2 Å². The van der Waals surface area contributed by atoms with E-state index >= 15 is 0 Å². The zero-order valence-corrected chi connectivity index (χ0v) is 10.3. The first-order valence-electron chi connectivity index (χ1n) is 5.46. The lowest BCUT2D eigenvalue weighted by atomic mass is 10.1. The maximum absolute atomic E-state index is 11.4. The lowest BCUT2D eigenvalue weighted by Crippen LogP contribution is -2.31. The molecule has 11 nitrogen and oxygen atoms in total. The van der Waals surface area contributed by atoms with Gasteiger partial charge in [-0.2, -0.15) is 5.10 Å². The van der Waals surface area contributed by atoms with Crippen molar-refractivity contribution in [1.29, 1.82) is 0 Å². The van der Waals surface area contributed by atoms with Crippen molar-refractivity contribution < 1.29 is 9.85 Å². The highest BCUT2D eigenvalue weighted by atomic mass is 16.6. The maximum atomic E-state index is 11.4. The molecular formula is C10H7N5O6. The third kappa shape index (κ3) is 2.97. The molecule has 0 aliphatic rings. The van der Waals surface area contributed by atoms with Crippen molar-refractivity contribution in [3.05, 3.63) is 71.0 Å². The molecule has 0 spiro atoms. The molecule has 2 rings (SSSR count). The Labute approximate surface area is 114 Å². The summed E-state index contributed by atoms with van der Waals surface area (Å²) in [5.74, 6) is 0. The van der Waals surface area contributed by atoms with Gasteiger partial charge in [-0.25, -0.2) is 9.48 Å². The standard InChI is InChI=1S/C10H7N5O6/c16-9-4-11-13(10(17)12-9)5-6-1-2-7(14(18)19)8(3-6)15(20)21/h1-4H,5H2,(H,12,16,17). The molecule has 2 aromatic rings. The van der Waals surface area contributed by atoms with Crippen LogP contribution in [0, 0.1) is 20.2 Å². The Balaban J connectivity index is 2.44. The predicted octanol–water partition coefficient (Wildman–Crippen LogP) is -0.204. The van der Waals surface area contributed by atoms with E-state index in [1.165, 1.54) is 6.07 Å². The molecule has 0 saturated heterocycles. The lowest BCUT2D eigenvalue weighted by molar-refractivity contribution is -0.422. The molecule has 0 amide bonds. The van der Waals surface area contributed by atoms with E-state index in [4.69, 9.17) is 0 Å². The first-order chi connectivity index (χ1) is 9.88. The van der Waals surface area contributed by atoms with Crippen LogP contribution in [0.5, 0.6) is 0 Å². The van der Waals surface area contributed by atoms with Crippen molar-refractivity contribution in [3.8, 4) is 0 Å². The van der Waals surface area contributed by atoms with Crippen LogP contribution in [0.15, 0.2) is 34.0 Å². The van der Waals surface area contributed by atoms with Gasteiger partial charge < -0.3 is 0 Å². The number of nitro benzene ring substituents is 2. The molecule has 1 aromatic carbocycles. The van der Waals surface area contributed by atoms with E-state index in [0.717, 1.165) is 23.0 Å². The summed E-state index contributed by atoms with van der Waals surface area (Å²) in [5.41, 5.74) is -2.54. The van der Waals surface area contributed by atoms with E-state index < -0.39 is 32.5 Å². The predicted molar refractivity (Wildman–Crippen MR) is 68.0 cm³/mol. The number of aromatic nitrogens is 3. The number of hydrogen-bond acceptors (Lipinski definition) is 7. The summed E-state index contributed by atoms with van der Waals surface area (Å²) in [6, 6.07) is 3.23. The van der Waals surface area contributed by atoms with E-state index in [-0.39, 0.29) is 12.1 Å². The smallest absolute Gasteiger partial charge is 0.271 e. The van der Waals surface area contributed by atoms with Crippen molar-refractivity contribution in [3.63, 3.8) is 0 Å². The highest BCUT2D eigenvalue weighted by molar-refractivity contribution is 5.54. The van der Waals surface area contributed by atoms with Gasteiger partial charge in [-0.1, -0.05) is 0 Å². The van der Waals surface area contributed by atoms with Crippen LogP contribution in [0.3, 0.4) is 0 Å². The SMILES string of the molecule is O=c1cnn(Cc2ccc([N+](=O)[O-])c([N+](=O)[O-])c2)c(=O)[nH]1. The Morgan fingerprint density at radius 2 is 1.81 bits per heavy atom. The first kappa shape index (κ1) is 14.0. The molecule has 0 aliphatic heterocycles. The monoisotopic (exact) mass is 293 g/mol. The maximum Gasteiger partial charge on any atom is 0.346 e. The van der Waals surface area contributed by atoms with Crippen LogP contribution in [0.25, 0.3) is 0 Å². The largest absolute Gasteiger partial charge is 0.346 e. The Hall–Kier alpha value is -3.37. The first-order valence-corrected chi connectivity index (χ1v) is 5.46. The number of nitrogens with zero attached hydrogens (tertiary/aromatic N) is 4. The van der Waals surface area contributed by atoms with E-state index in [1.807, 2.05) is 4.98 Å². The van der Waals surface area contributed by atoms with Crippen LogP contribution >= 0.6 is 0 Å². The third-order valence-electron chi connectivity index (χ3n) is 2.54. The van der Waals surface area contributed by atoms with Gasteiger partial charge in [0.2, 0.25) is 0 Å². The fourth-order valence-corrected chi connectivity index (χ4v) is 1.63. The second kappa shape index (κ2) is 5.32. The minimum absolute atomic E-state index is 0.172. The second-order valence-electron chi connectivity index (χ2n) is 3.93. The topological polar surface area (TPSA) is 154 Å². The number of hydrogen-bond donors (Lipinski definition) is 1. The average molecular weight is 293 g/mol. The van der Waals surface area contributed by atoms with Gasteiger partial charge in [-0.05, 0) is 11.6 Å². The molecule has 21 heavy (non-hydrogen) atoms. The molecule has 1 heterocycles. The third-order valence-corrected chi connectivity index (χ3v) is 2.54. The molecule has 1 N–H and O–H groups in total. The minimum Gasteiger partial charge on any atom is -0.271 e. The van der Waals surface area contributed by atoms with Gasteiger partial charge in [0.1, 0.15) is 6.20 Å². The number of rotatable bonds is 4. The fraction of sp³-hybridized carbons (Fsp3) is 0.100. The molecule has 0 fully saturated rings. The van der Waals surface area contributed by atoms with Gasteiger partial charge >= 0.3 is 17.1 Å². The normalized spacial score (nSPS) is 10.3. The summed E-state index contributed by atoms with van der Waals surface area (Å²) in [6.07, 6.45) is 0.876. The van der Waals surface area contributed by atoms with Gasteiger partial charge in [0.05, 0.1) is 16.4 Å². The van der Waals surface area contributed by atoms with E-state index in [9.17, 15) is 29.8 Å². The quantitative estimate of drug-likeness (QED) is 0.604. The average Bonchev–Trinajstić information content (AvgIpc) is 2.41. The number of aromatic amines is 1. The van der Waals surface area contributed by atoms with E-state index in [1.54, 1.807) is 0 Å². The molecule has 0 aliphatic carbocycles. The van der Waals surface area contributed by atoms with Crippen LogP contribution in [-0.2, 0) is 6.54 Å². The summed E-state index contributed by atoms with van der Waals surface area (Å²) in [5, 5.41) is 25.1. The summed E-state index contributed by atoms with van der Waals surface area (Å²) in [4.78, 5) is 44.0. The minimum atomic E-state index is -0.884. The highest BCUT2D eigenvalue weighted by Gasteiger charge is 2.24.